The van der Waals surface area contributed by atoms with E-state index in [-0.39, 0.29) is 12.0 Å². The van der Waals surface area contributed by atoms with Crippen LogP contribution >= 0.6 is 0 Å². The Balaban J connectivity index is 1.40. The number of nitrogens with one attached hydrogen (secondary N) is 1. The summed E-state index contributed by atoms with van der Waals surface area (Å²) in [5.74, 6) is 0.766. The lowest BCUT2D eigenvalue weighted by molar-refractivity contribution is -0.127. The lowest BCUT2D eigenvalue weighted by Crippen LogP contribution is -2.58. The van der Waals surface area contributed by atoms with Gasteiger partial charge in [-0.1, -0.05) is 56.5 Å². The number of carbonyl (C=O) groups is 1. The Hall–Kier alpha value is -2.37. The molecular weight excluding hydrogens is 412 g/mol. The molecule has 1 saturated heterocycles. The standard InChI is InChI=1S/C28H38N2O3/c1-2-3-9-17-28(32)18-19-30(20-26(28)33-23-13-5-4-6-14-23)21-27(31)29-25-16-10-12-22-11-7-8-15-24(22)25/h4-6,10,12-14,16,26,32H,2-3,7-9,11,15,17-21H2,1H3,(H,29,31)/t26-,28-/m0/s1. The highest BCUT2D eigenvalue weighted by Crippen LogP contribution is 2.32. The molecule has 5 nitrogen and oxygen atoms in total. The quantitative estimate of drug-likeness (QED) is 0.530. The lowest BCUT2D eigenvalue weighted by Gasteiger charge is -2.44. The topological polar surface area (TPSA) is 61.8 Å². The number of unbranched alkanes of at least 4 members (excludes halogenated alkanes) is 2. The highest BCUT2D eigenvalue weighted by Gasteiger charge is 2.43. The Morgan fingerprint density at radius 1 is 1.12 bits per heavy atom. The van der Waals surface area contributed by atoms with Crippen LogP contribution in [0.3, 0.4) is 0 Å². The van der Waals surface area contributed by atoms with Gasteiger partial charge in [0, 0.05) is 18.8 Å². The van der Waals surface area contributed by atoms with Crippen molar-refractivity contribution in [2.75, 3.05) is 25.0 Å². The van der Waals surface area contributed by atoms with E-state index in [2.05, 4.69) is 23.2 Å². The molecule has 2 aromatic carbocycles. The number of hydrogen-bond acceptors (Lipinski definition) is 4. The highest BCUT2D eigenvalue weighted by atomic mass is 16.5. The number of benzene rings is 2. The fourth-order valence-corrected chi connectivity index (χ4v) is 5.22. The Bertz CT molecular complexity index is 917. The number of carbonyl (C=O) groups excluding carboxylic acids is 1. The van der Waals surface area contributed by atoms with E-state index in [1.54, 1.807) is 0 Å². The molecule has 2 N–H and O–H groups in total. The zero-order chi connectivity index (χ0) is 23.1. The van der Waals surface area contributed by atoms with Crippen molar-refractivity contribution in [3.63, 3.8) is 0 Å². The van der Waals surface area contributed by atoms with Gasteiger partial charge in [0.05, 0.1) is 6.54 Å². The van der Waals surface area contributed by atoms with Gasteiger partial charge in [-0.05, 0) is 67.9 Å². The number of hydrogen-bond donors (Lipinski definition) is 2. The molecule has 1 amide bonds. The van der Waals surface area contributed by atoms with Crippen LogP contribution in [0.25, 0.3) is 0 Å². The third-order valence-electron chi connectivity index (χ3n) is 7.16. The monoisotopic (exact) mass is 450 g/mol. The van der Waals surface area contributed by atoms with Gasteiger partial charge < -0.3 is 15.2 Å². The molecule has 2 aliphatic rings. The van der Waals surface area contributed by atoms with Crippen LogP contribution in [0.15, 0.2) is 48.5 Å². The maximum atomic E-state index is 12.9. The summed E-state index contributed by atoms with van der Waals surface area (Å²) in [5, 5.41) is 14.6. The average molecular weight is 451 g/mol. The SMILES string of the molecule is CCCCC[C@]1(O)CCN(CC(=O)Nc2cccc3c2CCCC3)C[C@@H]1Oc1ccccc1. The van der Waals surface area contributed by atoms with Crippen molar-refractivity contribution in [3.8, 4) is 5.75 Å². The summed E-state index contributed by atoms with van der Waals surface area (Å²) < 4.78 is 6.28. The van der Waals surface area contributed by atoms with Crippen molar-refractivity contribution in [1.82, 2.24) is 4.90 Å². The van der Waals surface area contributed by atoms with E-state index in [4.69, 9.17) is 4.74 Å². The first-order valence-electron chi connectivity index (χ1n) is 12.6. The number of rotatable bonds is 9. The van der Waals surface area contributed by atoms with Crippen LogP contribution in [-0.4, -0.2) is 47.3 Å². The number of fused-ring (bicyclic) bond motifs is 1. The molecule has 1 aliphatic heterocycles. The van der Waals surface area contributed by atoms with E-state index < -0.39 is 5.60 Å². The fraction of sp³-hybridized carbons (Fsp3) is 0.536. The molecule has 5 heteroatoms. The number of piperidine rings is 1. The third kappa shape index (κ3) is 6.15. The lowest BCUT2D eigenvalue weighted by atomic mass is 9.83. The minimum atomic E-state index is -0.865. The summed E-state index contributed by atoms with van der Waals surface area (Å²) in [6.07, 6.45) is 8.74. The van der Waals surface area contributed by atoms with E-state index in [1.165, 1.54) is 24.0 Å². The molecule has 0 saturated carbocycles. The van der Waals surface area contributed by atoms with Crippen LogP contribution in [-0.2, 0) is 17.6 Å². The van der Waals surface area contributed by atoms with E-state index in [1.807, 2.05) is 42.5 Å². The number of aryl methyl sites for hydroxylation is 1. The first kappa shape index (κ1) is 23.8. The van der Waals surface area contributed by atoms with Crippen LogP contribution in [0.4, 0.5) is 5.69 Å². The second-order valence-corrected chi connectivity index (χ2v) is 9.66. The number of anilines is 1. The van der Waals surface area contributed by atoms with Crippen molar-refractivity contribution in [2.45, 2.75) is 76.4 Å². The minimum Gasteiger partial charge on any atom is -0.486 e. The number of amides is 1. The molecule has 4 rings (SSSR count). The average Bonchev–Trinajstić information content (AvgIpc) is 2.83. The molecule has 1 fully saturated rings. The van der Waals surface area contributed by atoms with E-state index in [0.717, 1.165) is 50.0 Å². The number of para-hydroxylation sites is 1. The molecule has 0 unspecified atom stereocenters. The van der Waals surface area contributed by atoms with Crippen LogP contribution in [0.1, 0.15) is 63.0 Å². The first-order valence-corrected chi connectivity index (χ1v) is 12.6. The summed E-state index contributed by atoms with van der Waals surface area (Å²) in [6, 6.07) is 15.9. The molecule has 1 heterocycles. The second kappa shape index (κ2) is 11.2. The summed E-state index contributed by atoms with van der Waals surface area (Å²) in [4.78, 5) is 15.1. The molecule has 2 atom stereocenters. The van der Waals surface area contributed by atoms with E-state index in [9.17, 15) is 9.90 Å². The molecule has 33 heavy (non-hydrogen) atoms. The zero-order valence-electron chi connectivity index (χ0n) is 19.9. The zero-order valence-corrected chi connectivity index (χ0v) is 19.9. The molecule has 1 aliphatic carbocycles. The molecule has 0 radical (unpaired) electrons. The molecule has 0 bridgehead atoms. The number of likely N-dealkylation sites (tertiary alicyclic amines) is 1. The molecule has 0 spiro atoms. The van der Waals surface area contributed by atoms with Crippen LogP contribution < -0.4 is 10.1 Å². The van der Waals surface area contributed by atoms with Crippen LogP contribution in [0.2, 0.25) is 0 Å². The minimum absolute atomic E-state index is 0.00357. The van der Waals surface area contributed by atoms with Gasteiger partial charge in [0.25, 0.3) is 0 Å². The van der Waals surface area contributed by atoms with Gasteiger partial charge in [0.2, 0.25) is 5.91 Å². The Morgan fingerprint density at radius 3 is 2.76 bits per heavy atom. The van der Waals surface area contributed by atoms with Gasteiger partial charge in [-0.3, -0.25) is 9.69 Å². The van der Waals surface area contributed by atoms with Crippen molar-refractivity contribution in [2.24, 2.45) is 0 Å². The maximum Gasteiger partial charge on any atom is 0.238 e. The van der Waals surface area contributed by atoms with Crippen molar-refractivity contribution >= 4 is 11.6 Å². The van der Waals surface area contributed by atoms with Gasteiger partial charge in [-0.25, -0.2) is 0 Å². The molecule has 2 aromatic rings. The van der Waals surface area contributed by atoms with Gasteiger partial charge in [0.15, 0.2) is 0 Å². The molecule has 0 aromatic heterocycles. The van der Waals surface area contributed by atoms with Crippen molar-refractivity contribution in [3.05, 3.63) is 59.7 Å². The third-order valence-corrected chi connectivity index (χ3v) is 7.16. The Kier molecular flexibility index (Phi) is 8.05. The van der Waals surface area contributed by atoms with E-state index in [0.29, 0.717) is 26.1 Å². The van der Waals surface area contributed by atoms with E-state index >= 15 is 0 Å². The number of nitrogens with zero attached hydrogens (tertiary/aromatic N) is 1. The molecular formula is C28H38N2O3. The molecule has 178 valence electrons. The number of ether oxygens (including phenoxy) is 1. The van der Waals surface area contributed by atoms with Crippen molar-refractivity contribution < 1.29 is 14.6 Å². The van der Waals surface area contributed by atoms with Crippen LogP contribution in [0, 0.1) is 0 Å². The second-order valence-electron chi connectivity index (χ2n) is 9.66. The first-order chi connectivity index (χ1) is 16.1. The summed E-state index contributed by atoms with van der Waals surface area (Å²) in [7, 11) is 0. The van der Waals surface area contributed by atoms with Gasteiger partial charge in [-0.15, -0.1) is 0 Å². The Morgan fingerprint density at radius 2 is 1.94 bits per heavy atom. The number of aliphatic hydroxyl groups is 1. The highest BCUT2D eigenvalue weighted by molar-refractivity contribution is 5.93. The van der Waals surface area contributed by atoms with Gasteiger partial charge in [-0.2, -0.15) is 0 Å². The van der Waals surface area contributed by atoms with Crippen molar-refractivity contribution in [1.29, 1.82) is 0 Å². The summed E-state index contributed by atoms with van der Waals surface area (Å²) in [6.45, 7) is 3.71. The predicted molar refractivity (Wildman–Crippen MR) is 133 cm³/mol. The maximum absolute atomic E-state index is 12.9. The van der Waals surface area contributed by atoms with Gasteiger partial charge in [0.1, 0.15) is 17.5 Å². The predicted octanol–water partition coefficient (Wildman–Crippen LogP) is 4.97. The summed E-state index contributed by atoms with van der Waals surface area (Å²) in [5.41, 5.74) is 2.76. The normalized spacial score (nSPS) is 23.0. The Labute approximate surface area is 198 Å². The van der Waals surface area contributed by atoms with Gasteiger partial charge >= 0.3 is 0 Å². The van der Waals surface area contributed by atoms with Crippen LogP contribution in [0.5, 0.6) is 5.75 Å². The largest absolute Gasteiger partial charge is 0.486 e. The summed E-state index contributed by atoms with van der Waals surface area (Å²) >= 11 is 0. The fourth-order valence-electron chi connectivity index (χ4n) is 5.22. The smallest absolute Gasteiger partial charge is 0.238 e.